The second-order valence-electron chi connectivity index (χ2n) is 5.95. The quantitative estimate of drug-likeness (QED) is 0.288. The van der Waals surface area contributed by atoms with E-state index in [9.17, 15) is 0 Å². The number of ether oxygens (including phenoxy) is 2. The molecule has 0 saturated carbocycles. The van der Waals surface area contributed by atoms with Crippen molar-refractivity contribution in [2.45, 2.75) is 19.3 Å². The molecular weight excluding hydrogens is 417 g/mol. The highest BCUT2D eigenvalue weighted by Gasteiger charge is 2.18. The number of nitrogens with zero attached hydrogens (tertiary/aromatic N) is 2. The predicted octanol–water partition coefficient (Wildman–Crippen LogP) is 3.01. The van der Waals surface area contributed by atoms with E-state index in [0.29, 0.717) is 5.92 Å². The first-order valence-electron chi connectivity index (χ1n) is 8.47. The molecule has 1 saturated heterocycles. The zero-order valence-electron chi connectivity index (χ0n) is 14.7. The van der Waals surface area contributed by atoms with Gasteiger partial charge in [0.2, 0.25) is 0 Å². The first-order valence-corrected chi connectivity index (χ1v) is 8.47. The minimum atomic E-state index is 0. The van der Waals surface area contributed by atoms with E-state index in [-0.39, 0.29) is 24.0 Å². The lowest BCUT2D eigenvalue weighted by molar-refractivity contribution is 0.181. The summed E-state index contributed by atoms with van der Waals surface area (Å²) in [5, 5.41) is 3.42. The fourth-order valence-corrected chi connectivity index (χ4v) is 2.72. The Bertz CT molecular complexity index is 465. The van der Waals surface area contributed by atoms with Gasteiger partial charge in [-0.25, -0.2) is 0 Å². The van der Waals surface area contributed by atoms with Crippen molar-refractivity contribution in [1.82, 2.24) is 10.2 Å². The van der Waals surface area contributed by atoms with Crippen molar-refractivity contribution >= 4 is 29.9 Å². The Kier molecular flexibility index (Phi) is 10.8. The maximum atomic E-state index is 5.69. The summed E-state index contributed by atoms with van der Waals surface area (Å²) in [6.07, 6.45) is 3.24. The van der Waals surface area contributed by atoms with Crippen molar-refractivity contribution in [1.29, 1.82) is 0 Å². The average Bonchev–Trinajstić information content (AvgIpc) is 3.08. The van der Waals surface area contributed by atoms with Gasteiger partial charge in [-0.3, -0.25) is 4.99 Å². The Hall–Kier alpha value is -1.02. The van der Waals surface area contributed by atoms with Gasteiger partial charge in [-0.1, -0.05) is 18.2 Å². The van der Waals surface area contributed by atoms with Crippen LogP contribution in [0.5, 0.6) is 5.75 Å². The number of hydrogen-bond donors (Lipinski definition) is 1. The van der Waals surface area contributed by atoms with E-state index in [1.807, 2.05) is 37.4 Å². The molecule has 24 heavy (non-hydrogen) atoms. The minimum absolute atomic E-state index is 0. The van der Waals surface area contributed by atoms with Gasteiger partial charge in [-0.2, -0.15) is 0 Å². The normalized spacial score (nSPS) is 17.2. The summed E-state index contributed by atoms with van der Waals surface area (Å²) in [7, 11) is 3.93. The summed E-state index contributed by atoms with van der Waals surface area (Å²) in [6, 6.07) is 9.96. The number of halogens is 1. The molecule has 1 aliphatic rings. The van der Waals surface area contributed by atoms with E-state index in [0.717, 1.165) is 63.9 Å². The molecule has 136 valence electrons. The summed E-state index contributed by atoms with van der Waals surface area (Å²) >= 11 is 0. The van der Waals surface area contributed by atoms with Gasteiger partial charge in [0.15, 0.2) is 5.96 Å². The van der Waals surface area contributed by atoms with Crippen molar-refractivity contribution in [2.24, 2.45) is 10.9 Å². The molecular formula is C18H30IN3O2. The monoisotopic (exact) mass is 447 g/mol. The summed E-state index contributed by atoms with van der Waals surface area (Å²) in [4.78, 5) is 6.55. The van der Waals surface area contributed by atoms with Crippen molar-refractivity contribution in [3.8, 4) is 5.75 Å². The fourth-order valence-electron chi connectivity index (χ4n) is 2.72. The Morgan fingerprint density at radius 2 is 2.12 bits per heavy atom. The molecule has 0 amide bonds. The molecule has 1 unspecified atom stereocenters. The highest BCUT2D eigenvalue weighted by atomic mass is 127. The van der Waals surface area contributed by atoms with Gasteiger partial charge in [0, 0.05) is 39.7 Å². The highest BCUT2D eigenvalue weighted by Crippen LogP contribution is 2.13. The van der Waals surface area contributed by atoms with E-state index >= 15 is 0 Å². The van der Waals surface area contributed by atoms with Crippen LogP contribution in [-0.2, 0) is 4.74 Å². The molecule has 5 nitrogen and oxygen atoms in total. The van der Waals surface area contributed by atoms with E-state index < -0.39 is 0 Å². The van der Waals surface area contributed by atoms with Crippen molar-refractivity contribution in [3.63, 3.8) is 0 Å². The molecule has 1 aromatic rings. The van der Waals surface area contributed by atoms with Crippen molar-refractivity contribution in [3.05, 3.63) is 30.3 Å². The highest BCUT2D eigenvalue weighted by molar-refractivity contribution is 14.0. The Morgan fingerprint density at radius 1 is 1.33 bits per heavy atom. The topological polar surface area (TPSA) is 46.1 Å². The Morgan fingerprint density at radius 3 is 2.79 bits per heavy atom. The number of unbranched alkanes of at least 4 members (excludes halogenated alkanes) is 1. The number of para-hydroxylation sites is 1. The Balaban J connectivity index is 0.00000288. The SMILES string of the molecule is CN=C(NCCCCOc1ccccc1)N(C)CC1CCOC1.I. The first-order chi connectivity index (χ1) is 11.3. The van der Waals surface area contributed by atoms with Crippen LogP contribution in [-0.4, -0.2) is 57.9 Å². The lowest BCUT2D eigenvalue weighted by atomic mass is 10.1. The summed E-state index contributed by atoms with van der Waals surface area (Å²) in [6.45, 7) is 4.43. The van der Waals surface area contributed by atoms with Gasteiger partial charge in [-0.05, 0) is 31.4 Å². The molecule has 1 aromatic carbocycles. The van der Waals surface area contributed by atoms with E-state index in [1.165, 1.54) is 0 Å². The van der Waals surface area contributed by atoms with Crippen LogP contribution in [0.25, 0.3) is 0 Å². The molecule has 0 spiro atoms. The molecule has 1 atom stereocenters. The number of rotatable bonds is 8. The van der Waals surface area contributed by atoms with Crippen LogP contribution in [0.2, 0.25) is 0 Å². The molecule has 0 bridgehead atoms. The van der Waals surface area contributed by atoms with Crippen molar-refractivity contribution < 1.29 is 9.47 Å². The predicted molar refractivity (Wildman–Crippen MR) is 110 cm³/mol. The van der Waals surface area contributed by atoms with Crippen LogP contribution in [0.15, 0.2) is 35.3 Å². The lowest BCUT2D eigenvalue weighted by Gasteiger charge is -2.24. The molecule has 6 heteroatoms. The van der Waals surface area contributed by atoms with Crippen molar-refractivity contribution in [2.75, 3.05) is 47.0 Å². The van der Waals surface area contributed by atoms with Gasteiger partial charge in [0.1, 0.15) is 5.75 Å². The zero-order chi connectivity index (χ0) is 16.3. The van der Waals surface area contributed by atoms with Gasteiger partial charge in [0.25, 0.3) is 0 Å². The third kappa shape index (κ3) is 7.70. The molecule has 0 aromatic heterocycles. The molecule has 0 aliphatic carbocycles. The second kappa shape index (κ2) is 12.4. The van der Waals surface area contributed by atoms with Crippen LogP contribution >= 0.6 is 24.0 Å². The maximum absolute atomic E-state index is 5.69. The van der Waals surface area contributed by atoms with Gasteiger partial charge >= 0.3 is 0 Å². The number of hydrogen-bond acceptors (Lipinski definition) is 3. The fraction of sp³-hybridized carbons (Fsp3) is 0.611. The van der Waals surface area contributed by atoms with E-state index in [1.54, 1.807) is 0 Å². The molecule has 2 rings (SSSR count). The van der Waals surface area contributed by atoms with Crippen LogP contribution in [0.4, 0.5) is 0 Å². The standard InChI is InChI=1S/C18H29N3O2.HI/c1-19-18(21(2)14-16-10-13-22-15-16)20-11-6-7-12-23-17-8-4-3-5-9-17;/h3-5,8-9,16H,6-7,10-15H2,1-2H3,(H,19,20);1H. The molecule has 1 heterocycles. The largest absolute Gasteiger partial charge is 0.494 e. The minimum Gasteiger partial charge on any atom is -0.494 e. The summed E-state index contributed by atoms with van der Waals surface area (Å²) in [5.41, 5.74) is 0. The maximum Gasteiger partial charge on any atom is 0.193 e. The third-order valence-corrected chi connectivity index (χ3v) is 4.00. The number of guanidine groups is 1. The Labute approximate surface area is 162 Å². The van der Waals surface area contributed by atoms with Crippen LogP contribution in [0, 0.1) is 5.92 Å². The lowest BCUT2D eigenvalue weighted by Crippen LogP contribution is -2.41. The van der Waals surface area contributed by atoms with Crippen LogP contribution in [0.3, 0.4) is 0 Å². The second-order valence-corrected chi connectivity index (χ2v) is 5.95. The number of benzene rings is 1. The summed E-state index contributed by atoms with van der Waals surface area (Å²) in [5.74, 6) is 2.52. The molecule has 1 N–H and O–H groups in total. The first kappa shape index (κ1) is 21.0. The smallest absolute Gasteiger partial charge is 0.193 e. The zero-order valence-corrected chi connectivity index (χ0v) is 17.1. The van der Waals surface area contributed by atoms with Gasteiger partial charge in [-0.15, -0.1) is 24.0 Å². The third-order valence-electron chi connectivity index (χ3n) is 4.00. The van der Waals surface area contributed by atoms with Gasteiger partial charge in [0.05, 0.1) is 13.2 Å². The van der Waals surface area contributed by atoms with E-state index in [4.69, 9.17) is 9.47 Å². The van der Waals surface area contributed by atoms with Crippen LogP contribution < -0.4 is 10.1 Å². The summed E-state index contributed by atoms with van der Waals surface area (Å²) < 4.78 is 11.1. The van der Waals surface area contributed by atoms with E-state index in [2.05, 4.69) is 22.3 Å². The van der Waals surface area contributed by atoms with Crippen LogP contribution in [0.1, 0.15) is 19.3 Å². The number of nitrogens with one attached hydrogen (secondary N) is 1. The average molecular weight is 447 g/mol. The molecule has 1 fully saturated rings. The van der Waals surface area contributed by atoms with Gasteiger partial charge < -0.3 is 19.7 Å². The molecule has 0 radical (unpaired) electrons. The number of aliphatic imine (C=N–C) groups is 1. The molecule has 1 aliphatic heterocycles.